The summed E-state index contributed by atoms with van der Waals surface area (Å²) in [5, 5.41) is 2.93. The fraction of sp³-hybridized carbons (Fsp3) is 0.423. The Balaban J connectivity index is 1.29. The Morgan fingerprint density at radius 1 is 1.06 bits per heavy atom. The lowest BCUT2D eigenvalue weighted by molar-refractivity contribution is -0.124. The number of benzene rings is 2. The smallest absolute Gasteiger partial charge is 0.331 e. The van der Waals surface area contributed by atoms with Gasteiger partial charge in [0.2, 0.25) is 5.91 Å². The third-order valence-corrected chi connectivity index (χ3v) is 7.06. The zero-order valence-corrected chi connectivity index (χ0v) is 20.8. The van der Waals surface area contributed by atoms with E-state index in [4.69, 9.17) is 9.47 Å². The average molecular weight is 494 g/mol. The first kappa shape index (κ1) is 23.9. The molecule has 2 saturated heterocycles. The molecule has 3 heterocycles. The molecule has 10 heteroatoms. The molecule has 2 fully saturated rings. The Morgan fingerprint density at radius 2 is 1.78 bits per heavy atom. The topological polar surface area (TPSA) is 94.7 Å². The molecule has 190 valence electrons. The fourth-order valence-corrected chi connectivity index (χ4v) is 4.78. The predicted octanol–water partition coefficient (Wildman–Crippen LogP) is 2.18. The molecule has 2 aromatic carbocycles. The van der Waals surface area contributed by atoms with Gasteiger partial charge in [-0.2, -0.15) is 0 Å². The van der Waals surface area contributed by atoms with Crippen molar-refractivity contribution in [2.24, 2.45) is 0 Å². The highest BCUT2D eigenvalue weighted by molar-refractivity contribution is 6.12. The zero-order valence-electron chi connectivity index (χ0n) is 20.8. The number of carbonyl (C=O) groups excluding carboxylic acids is 3. The van der Waals surface area contributed by atoms with Gasteiger partial charge < -0.3 is 24.6 Å². The fourth-order valence-electron chi connectivity index (χ4n) is 4.78. The van der Waals surface area contributed by atoms with Crippen molar-refractivity contribution in [3.63, 3.8) is 0 Å². The van der Waals surface area contributed by atoms with Crippen LogP contribution in [0.5, 0.6) is 11.5 Å². The molecule has 5 rings (SSSR count). The summed E-state index contributed by atoms with van der Waals surface area (Å²) in [6.45, 7) is 3.68. The van der Waals surface area contributed by atoms with Crippen LogP contribution < -0.4 is 24.6 Å². The third-order valence-electron chi connectivity index (χ3n) is 7.06. The molecular weight excluding hydrogens is 462 g/mol. The summed E-state index contributed by atoms with van der Waals surface area (Å²) in [5.41, 5.74) is 3.21. The summed E-state index contributed by atoms with van der Waals surface area (Å²) in [7, 11) is 5.24. The monoisotopic (exact) mass is 493 g/mol. The molecule has 0 radical (unpaired) electrons. The number of methoxy groups -OCH3 is 1. The number of piperazine rings is 1. The number of nitrogens with zero attached hydrogens (tertiary/aromatic N) is 4. The summed E-state index contributed by atoms with van der Waals surface area (Å²) in [6, 6.07) is 10.5. The van der Waals surface area contributed by atoms with E-state index >= 15 is 0 Å². The van der Waals surface area contributed by atoms with Crippen molar-refractivity contribution in [1.82, 2.24) is 9.80 Å². The second-order valence-corrected chi connectivity index (χ2v) is 9.43. The van der Waals surface area contributed by atoms with E-state index in [9.17, 15) is 14.4 Å². The minimum absolute atomic E-state index is 0.0107. The van der Waals surface area contributed by atoms with Crippen LogP contribution in [0.4, 0.5) is 21.9 Å². The van der Waals surface area contributed by atoms with E-state index in [1.54, 1.807) is 31.4 Å². The third kappa shape index (κ3) is 4.56. The molecule has 36 heavy (non-hydrogen) atoms. The van der Waals surface area contributed by atoms with Crippen LogP contribution in [0, 0.1) is 0 Å². The molecule has 3 aliphatic rings. The minimum atomic E-state index is -0.622. The second kappa shape index (κ2) is 9.69. The summed E-state index contributed by atoms with van der Waals surface area (Å²) in [5.74, 6) is 1.07. The number of carbonyl (C=O) groups is 3. The number of aryl methyl sites for hydroxylation is 1. The number of nitrogens with one attached hydrogen (secondary N) is 1. The largest absolute Gasteiger partial charge is 0.497 e. The summed E-state index contributed by atoms with van der Waals surface area (Å²) >= 11 is 0. The summed E-state index contributed by atoms with van der Waals surface area (Å²) < 4.78 is 11.8. The van der Waals surface area contributed by atoms with Crippen LogP contribution in [0.1, 0.15) is 12.0 Å². The number of anilines is 3. The first-order chi connectivity index (χ1) is 17.3. The Hall–Kier alpha value is -3.79. The molecule has 3 aliphatic heterocycles. The summed E-state index contributed by atoms with van der Waals surface area (Å²) in [4.78, 5) is 44.2. The van der Waals surface area contributed by atoms with E-state index in [2.05, 4.69) is 22.2 Å². The number of imide groups is 1. The highest BCUT2D eigenvalue weighted by Gasteiger charge is 2.34. The van der Waals surface area contributed by atoms with Gasteiger partial charge in [-0.1, -0.05) is 0 Å². The predicted molar refractivity (Wildman–Crippen MR) is 136 cm³/mol. The lowest BCUT2D eigenvalue weighted by Gasteiger charge is -2.37. The van der Waals surface area contributed by atoms with Crippen molar-refractivity contribution < 1.29 is 23.9 Å². The molecule has 1 atom stereocenters. The van der Waals surface area contributed by atoms with Gasteiger partial charge in [0, 0.05) is 56.2 Å². The van der Waals surface area contributed by atoms with Gasteiger partial charge in [-0.3, -0.25) is 19.4 Å². The van der Waals surface area contributed by atoms with Crippen LogP contribution in [0.3, 0.4) is 0 Å². The molecule has 0 bridgehead atoms. The van der Waals surface area contributed by atoms with E-state index in [0.717, 1.165) is 53.8 Å². The molecule has 2 aromatic rings. The highest BCUT2D eigenvalue weighted by atomic mass is 16.5. The number of urea groups is 1. The van der Waals surface area contributed by atoms with Gasteiger partial charge in [-0.15, -0.1) is 0 Å². The van der Waals surface area contributed by atoms with Crippen molar-refractivity contribution >= 4 is 34.9 Å². The van der Waals surface area contributed by atoms with Gasteiger partial charge in [-0.05, 0) is 50.2 Å². The van der Waals surface area contributed by atoms with Gasteiger partial charge >= 0.3 is 6.03 Å². The average Bonchev–Trinajstić information content (AvgIpc) is 3.15. The second-order valence-electron chi connectivity index (χ2n) is 9.43. The van der Waals surface area contributed by atoms with Crippen LogP contribution in [0.2, 0.25) is 0 Å². The summed E-state index contributed by atoms with van der Waals surface area (Å²) in [6.07, 6.45) is 0.648. The molecule has 10 nitrogen and oxygen atoms in total. The first-order valence-electron chi connectivity index (χ1n) is 12.1. The van der Waals surface area contributed by atoms with Crippen molar-refractivity contribution in [3.8, 4) is 11.5 Å². The van der Waals surface area contributed by atoms with Crippen LogP contribution in [-0.2, 0) is 16.0 Å². The molecule has 4 amide bonds. The maximum absolute atomic E-state index is 13.1. The van der Waals surface area contributed by atoms with E-state index < -0.39 is 6.10 Å². The number of likely N-dealkylation sites (N-methyl/N-ethyl adjacent to an activating group) is 2. The maximum Gasteiger partial charge on any atom is 0.331 e. The Bertz CT molecular complexity index is 1180. The minimum Gasteiger partial charge on any atom is -0.497 e. The van der Waals surface area contributed by atoms with Crippen molar-refractivity contribution in [2.75, 3.05) is 69.0 Å². The lowest BCUT2D eigenvalue weighted by atomic mass is 9.99. The van der Waals surface area contributed by atoms with E-state index in [-0.39, 0.29) is 24.4 Å². The van der Waals surface area contributed by atoms with E-state index in [0.29, 0.717) is 24.2 Å². The number of fused-ring (bicyclic) bond motifs is 1. The van der Waals surface area contributed by atoms with Crippen molar-refractivity contribution in [2.45, 2.75) is 18.9 Å². The molecule has 1 unspecified atom stereocenters. The molecule has 0 aromatic heterocycles. The number of amides is 4. The molecule has 0 spiro atoms. The first-order valence-corrected chi connectivity index (χ1v) is 12.1. The quantitative estimate of drug-likeness (QED) is 0.638. The number of rotatable bonds is 5. The highest BCUT2D eigenvalue weighted by Crippen LogP contribution is 2.41. The van der Waals surface area contributed by atoms with Gasteiger partial charge in [0.1, 0.15) is 18.0 Å². The molecule has 0 saturated carbocycles. The normalized spacial score (nSPS) is 20.3. The van der Waals surface area contributed by atoms with Crippen molar-refractivity contribution in [1.29, 1.82) is 0 Å². The molecule has 1 N–H and O–H groups in total. The molecule has 0 aliphatic carbocycles. The number of ether oxygens (including phenoxy) is 2. The Morgan fingerprint density at radius 3 is 2.42 bits per heavy atom. The van der Waals surface area contributed by atoms with Gasteiger partial charge in [0.15, 0.2) is 6.10 Å². The van der Waals surface area contributed by atoms with Crippen LogP contribution in [-0.4, -0.2) is 87.7 Å². The van der Waals surface area contributed by atoms with Gasteiger partial charge in [-0.25, -0.2) is 4.79 Å². The Kier molecular flexibility index (Phi) is 6.44. The van der Waals surface area contributed by atoms with E-state index in [1.165, 1.54) is 11.9 Å². The number of hydrogen-bond acceptors (Lipinski definition) is 7. The van der Waals surface area contributed by atoms with Crippen molar-refractivity contribution in [3.05, 3.63) is 42.0 Å². The standard InChI is InChI=1S/C26H31N5O5/c1-28-10-12-30(13-11-28)21-15-20(35-3)14-17-4-9-22(36-24(17)21)25(33)27-18-5-7-19(8-6-18)31-16-23(32)29(2)26(31)34/h5-8,14-15,22H,4,9-13,16H2,1-3H3,(H,27,33). The van der Waals surface area contributed by atoms with Crippen LogP contribution in [0.15, 0.2) is 36.4 Å². The number of hydrogen-bond donors (Lipinski definition) is 1. The molecular formula is C26H31N5O5. The lowest BCUT2D eigenvalue weighted by Crippen LogP contribution is -2.45. The SMILES string of the molecule is COc1cc2c(c(N3CCN(C)CC3)c1)OC(C(=O)Nc1ccc(N3CC(=O)N(C)C3=O)cc1)CC2. The van der Waals surface area contributed by atoms with Gasteiger partial charge in [0.25, 0.3) is 5.91 Å². The van der Waals surface area contributed by atoms with Crippen LogP contribution in [0.25, 0.3) is 0 Å². The maximum atomic E-state index is 13.1. The Labute approximate surface area is 210 Å². The zero-order chi connectivity index (χ0) is 25.4. The van der Waals surface area contributed by atoms with Crippen LogP contribution >= 0.6 is 0 Å². The van der Waals surface area contributed by atoms with E-state index in [1.807, 2.05) is 12.1 Å². The van der Waals surface area contributed by atoms with Gasteiger partial charge in [0.05, 0.1) is 12.8 Å².